The summed E-state index contributed by atoms with van der Waals surface area (Å²) >= 11 is 6.46. The van der Waals surface area contributed by atoms with Crippen LogP contribution in [0.2, 0.25) is 0 Å². The fourth-order valence-corrected chi connectivity index (χ4v) is 8.40. The van der Waals surface area contributed by atoms with E-state index in [0.29, 0.717) is 35.4 Å². The quantitative estimate of drug-likeness (QED) is 0.152. The first-order valence-electron chi connectivity index (χ1n) is 13.7. The van der Waals surface area contributed by atoms with Crippen molar-refractivity contribution >= 4 is 51.9 Å². The molecule has 0 atom stereocenters. The molecular formula is C29H26F3N3O6S2. The number of carbonyl (C=O) groups is 2. The molecule has 1 N–H and O–H groups in total. The molecule has 2 aromatic carbocycles. The summed E-state index contributed by atoms with van der Waals surface area (Å²) in [5.41, 5.74) is 0.816. The Morgan fingerprint density at radius 2 is 1.72 bits per heavy atom. The van der Waals surface area contributed by atoms with E-state index in [9.17, 15) is 32.9 Å². The first-order valence-corrected chi connectivity index (χ1v) is 14.9. The van der Waals surface area contributed by atoms with Gasteiger partial charge in [-0.1, -0.05) is 17.8 Å². The summed E-state index contributed by atoms with van der Waals surface area (Å²) in [6.07, 6.45) is 2.89. The van der Waals surface area contributed by atoms with Gasteiger partial charge in [0.1, 0.15) is 0 Å². The van der Waals surface area contributed by atoms with Crippen LogP contribution in [0, 0.1) is 33.3 Å². The van der Waals surface area contributed by atoms with Crippen molar-refractivity contribution in [3.05, 3.63) is 62.5 Å². The van der Waals surface area contributed by atoms with E-state index in [-0.39, 0.29) is 26.6 Å². The molecule has 1 saturated heterocycles. The number of hydrogen-bond donors (Lipinski definition) is 1. The third-order valence-corrected chi connectivity index (χ3v) is 10.0. The topological polar surface area (TPSA) is 111 Å². The third-order valence-electron chi connectivity index (χ3n) is 8.72. The monoisotopic (exact) mass is 633 g/mol. The first kappa shape index (κ1) is 29.4. The number of nitrogens with one attached hydrogen (secondary N) is 1. The van der Waals surface area contributed by atoms with Crippen LogP contribution < -0.4 is 14.9 Å². The van der Waals surface area contributed by atoms with Crippen LogP contribution in [0.4, 0.5) is 18.9 Å². The van der Waals surface area contributed by atoms with Crippen molar-refractivity contribution in [1.29, 1.82) is 0 Å². The second kappa shape index (κ2) is 10.8. The van der Waals surface area contributed by atoms with E-state index >= 15 is 0 Å². The Morgan fingerprint density at radius 3 is 2.30 bits per heavy atom. The number of thioether (sulfide) groups is 1. The van der Waals surface area contributed by atoms with Gasteiger partial charge in [0, 0.05) is 6.07 Å². The number of methoxy groups -OCH3 is 1. The smallest absolute Gasteiger partial charge is 0.416 e. The zero-order chi connectivity index (χ0) is 30.7. The van der Waals surface area contributed by atoms with Gasteiger partial charge in [0.25, 0.3) is 5.91 Å². The van der Waals surface area contributed by atoms with Crippen molar-refractivity contribution in [2.45, 2.75) is 44.7 Å². The zero-order valence-electron chi connectivity index (χ0n) is 22.8. The molecule has 0 unspecified atom stereocenters. The van der Waals surface area contributed by atoms with Crippen LogP contribution in [0.15, 0.2) is 41.3 Å². The highest BCUT2D eigenvalue weighted by Crippen LogP contribution is 2.60. The molecule has 43 heavy (non-hydrogen) atoms. The number of rotatable bonds is 7. The Morgan fingerprint density at radius 1 is 1.09 bits per heavy atom. The number of carbonyl (C=O) groups excluding carboxylic acids is 2. The van der Waals surface area contributed by atoms with Gasteiger partial charge >= 0.3 is 11.9 Å². The number of amides is 2. The van der Waals surface area contributed by atoms with E-state index in [2.05, 4.69) is 5.43 Å². The molecule has 5 aliphatic rings. The average molecular weight is 634 g/mol. The van der Waals surface area contributed by atoms with E-state index in [0.717, 1.165) is 42.1 Å². The minimum atomic E-state index is -4.76. The molecule has 0 radical (unpaired) electrons. The Balaban J connectivity index is 1.18. The van der Waals surface area contributed by atoms with Gasteiger partial charge in [-0.05, 0) is 104 Å². The van der Waals surface area contributed by atoms with E-state index < -0.39 is 39.4 Å². The normalized spacial score (nSPS) is 27.1. The third kappa shape index (κ3) is 5.57. The van der Waals surface area contributed by atoms with Crippen molar-refractivity contribution in [1.82, 2.24) is 10.4 Å². The Kier molecular flexibility index (Phi) is 7.40. The Labute approximate surface area is 253 Å². The standard InChI is InChI=1S/C29H26F3N3O6S2/c1-40-23-9-15(2-4-22(23)41-21-5-3-19(29(30,31)32)11-20(21)35(38)39)10-24-25(36)34(27(42)43-24)33-26(37)28-12-16-6-17(13-28)8-18(7-16)14-28/h2-5,9-11,16-18H,6-8,12-14H2,1H3,(H,33,37)/b24-10+. The number of nitrogens with zero attached hydrogens (tertiary/aromatic N) is 2. The van der Waals surface area contributed by atoms with E-state index in [1.165, 1.54) is 38.5 Å². The SMILES string of the molecule is COc1cc(/C=C2/SC(=S)N(NC(=O)C34CC5CC(CC(C5)C3)C4)C2=O)ccc1Oc1ccc(C(F)(F)F)cc1[N+](=O)[O-]. The zero-order valence-corrected chi connectivity index (χ0v) is 24.4. The number of hydrazine groups is 1. The fraction of sp³-hybridized carbons (Fsp3) is 0.414. The highest BCUT2D eigenvalue weighted by molar-refractivity contribution is 8.26. The van der Waals surface area contributed by atoms with Crippen LogP contribution in [-0.2, 0) is 15.8 Å². The minimum Gasteiger partial charge on any atom is -0.493 e. The fourth-order valence-electron chi connectivity index (χ4n) is 7.22. The maximum absolute atomic E-state index is 13.5. The predicted molar refractivity (Wildman–Crippen MR) is 155 cm³/mol. The van der Waals surface area contributed by atoms with Gasteiger partial charge in [-0.2, -0.15) is 18.2 Å². The molecule has 5 fully saturated rings. The first-order chi connectivity index (χ1) is 20.3. The summed E-state index contributed by atoms with van der Waals surface area (Å²) in [6.45, 7) is 0. The number of nitro benzene ring substituents is 1. The van der Waals surface area contributed by atoms with Crippen molar-refractivity contribution in [2.24, 2.45) is 23.2 Å². The summed E-state index contributed by atoms with van der Waals surface area (Å²) < 4.78 is 50.3. The van der Waals surface area contributed by atoms with E-state index in [1.54, 1.807) is 12.1 Å². The van der Waals surface area contributed by atoms with Gasteiger partial charge in [0.2, 0.25) is 11.7 Å². The molecular weight excluding hydrogens is 607 g/mol. The molecule has 0 spiro atoms. The second-order valence-electron chi connectivity index (χ2n) is 11.6. The van der Waals surface area contributed by atoms with Crippen molar-refractivity contribution in [3.63, 3.8) is 0 Å². The molecule has 9 nitrogen and oxygen atoms in total. The second-order valence-corrected chi connectivity index (χ2v) is 13.3. The molecule has 1 heterocycles. The van der Waals surface area contributed by atoms with Crippen molar-refractivity contribution in [2.75, 3.05) is 7.11 Å². The number of hydrogen-bond acceptors (Lipinski definition) is 8. The number of alkyl halides is 3. The largest absolute Gasteiger partial charge is 0.493 e. The summed E-state index contributed by atoms with van der Waals surface area (Å²) in [6, 6.07) is 6.44. The minimum absolute atomic E-state index is 0.0119. The van der Waals surface area contributed by atoms with Crippen molar-refractivity contribution < 1.29 is 37.2 Å². The van der Waals surface area contributed by atoms with Gasteiger partial charge in [-0.15, -0.1) is 0 Å². The van der Waals surface area contributed by atoms with Crippen LogP contribution in [-0.4, -0.2) is 33.2 Å². The van der Waals surface area contributed by atoms with Crippen molar-refractivity contribution in [3.8, 4) is 17.2 Å². The maximum atomic E-state index is 13.5. The molecule has 4 saturated carbocycles. The van der Waals surface area contributed by atoms with Gasteiger partial charge in [0.15, 0.2) is 15.8 Å². The van der Waals surface area contributed by atoms with Crippen LogP contribution >= 0.6 is 24.0 Å². The van der Waals surface area contributed by atoms with Gasteiger partial charge in [-0.3, -0.25) is 25.1 Å². The average Bonchev–Trinajstić information content (AvgIpc) is 3.19. The summed E-state index contributed by atoms with van der Waals surface area (Å²) in [5, 5.41) is 12.6. The van der Waals surface area contributed by atoms with E-state index in [1.807, 2.05) is 0 Å². The number of ether oxygens (including phenoxy) is 2. The lowest BCUT2D eigenvalue weighted by Crippen LogP contribution is -2.57. The molecule has 4 aliphatic carbocycles. The number of halogens is 3. The highest BCUT2D eigenvalue weighted by Gasteiger charge is 2.55. The summed E-state index contributed by atoms with van der Waals surface area (Å²) in [7, 11) is 1.33. The van der Waals surface area contributed by atoms with Gasteiger partial charge in [-0.25, -0.2) is 0 Å². The molecule has 2 aromatic rings. The van der Waals surface area contributed by atoms with E-state index in [4.69, 9.17) is 21.7 Å². The van der Waals surface area contributed by atoms with Crippen LogP contribution in [0.25, 0.3) is 6.08 Å². The van der Waals surface area contributed by atoms with Crippen LogP contribution in [0.3, 0.4) is 0 Å². The summed E-state index contributed by atoms with van der Waals surface area (Å²) in [5.74, 6) is 0.810. The Bertz CT molecular complexity index is 1540. The lowest BCUT2D eigenvalue weighted by Gasteiger charge is -2.55. The number of nitro groups is 1. The molecule has 226 valence electrons. The van der Waals surface area contributed by atoms with Crippen LogP contribution in [0.1, 0.15) is 49.7 Å². The summed E-state index contributed by atoms with van der Waals surface area (Å²) in [4.78, 5) is 37.5. The Hall–Kier alpha value is -3.65. The highest BCUT2D eigenvalue weighted by atomic mass is 32.2. The molecule has 0 aromatic heterocycles. The maximum Gasteiger partial charge on any atom is 0.416 e. The van der Waals surface area contributed by atoms with Gasteiger partial charge in [0.05, 0.1) is 27.9 Å². The number of benzene rings is 2. The molecule has 2 amide bonds. The predicted octanol–water partition coefficient (Wildman–Crippen LogP) is 6.86. The molecule has 7 rings (SSSR count). The number of thiocarbonyl (C=S) groups is 1. The lowest BCUT2D eigenvalue weighted by atomic mass is 9.49. The molecule has 14 heteroatoms. The van der Waals surface area contributed by atoms with Gasteiger partial charge < -0.3 is 9.47 Å². The molecule has 4 bridgehead atoms. The molecule has 1 aliphatic heterocycles. The lowest BCUT2D eigenvalue weighted by molar-refractivity contribution is -0.385. The van der Waals surface area contributed by atoms with Crippen LogP contribution in [0.5, 0.6) is 17.2 Å².